The summed E-state index contributed by atoms with van der Waals surface area (Å²) in [5, 5.41) is 9.19. The van der Waals surface area contributed by atoms with Gasteiger partial charge in [0.25, 0.3) is 0 Å². The molecule has 0 radical (unpaired) electrons. The van der Waals surface area contributed by atoms with Gasteiger partial charge >= 0.3 is 0 Å². The number of hydrogen-bond donors (Lipinski definition) is 1. The first-order valence-electron chi connectivity index (χ1n) is 5.61. The van der Waals surface area contributed by atoms with Crippen molar-refractivity contribution in [1.29, 1.82) is 0 Å². The third-order valence-corrected chi connectivity index (χ3v) is 2.77. The van der Waals surface area contributed by atoms with E-state index >= 15 is 0 Å². The monoisotopic (exact) mass is 200 g/mol. The Kier molecular flexibility index (Phi) is 6.81. The number of Topliss-reactive ketones (excluding diaryl/α,β-unsaturated/α-hetero) is 1. The molecule has 2 atom stereocenters. The minimum Gasteiger partial charge on any atom is -0.393 e. The highest BCUT2D eigenvalue weighted by Gasteiger charge is 2.14. The first kappa shape index (κ1) is 13.6. The van der Waals surface area contributed by atoms with Gasteiger partial charge in [-0.15, -0.1) is 0 Å². The lowest BCUT2D eigenvalue weighted by Gasteiger charge is -2.20. The van der Waals surface area contributed by atoms with Gasteiger partial charge in [-0.2, -0.15) is 0 Å². The summed E-state index contributed by atoms with van der Waals surface area (Å²) >= 11 is 0. The lowest BCUT2D eigenvalue weighted by Crippen LogP contribution is -2.13. The summed E-state index contributed by atoms with van der Waals surface area (Å²) < 4.78 is 0. The Labute approximate surface area is 87.7 Å². The lowest BCUT2D eigenvalue weighted by molar-refractivity contribution is -0.117. The van der Waals surface area contributed by atoms with Gasteiger partial charge in [-0.25, -0.2) is 0 Å². The highest BCUT2D eigenvalue weighted by Crippen LogP contribution is 2.23. The van der Waals surface area contributed by atoms with Crippen LogP contribution in [-0.2, 0) is 4.79 Å². The summed E-state index contributed by atoms with van der Waals surface area (Å²) in [7, 11) is 0. The second-order valence-electron chi connectivity index (χ2n) is 4.67. The summed E-state index contributed by atoms with van der Waals surface area (Å²) in [5.41, 5.74) is 0. The molecule has 0 aliphatic heterocycles. The van der Waals surface area contributed by atoms with Crippen molar-refractivity contribution in [3.05, 3.63) is 0 Å². The molecule has 0 rings (SSSR count). The van der Waals surface area contributed by atoms with Crippen LogP contribution in [0.2, 0.25) is 0 Å². The molecule has 1 N–H and O–H groups in total. The third-order valence-electron chi connectivity index (χ3n) is 2.77. The highest BCUT2D eigenvalue weighted by molar-refractivity contribution is 5.75. The highest BCUT2D eigenvalue weighted by atomic mass is 16.3. The number of ketones is 1. The van der Waals surface area contributed by atoms with Crippen molar-refractivity contribution in [3.8, 4) is 0 Å². The van der Waals surface area contributed by atoms with Gasteiger partial charge in [-0.1, -0.05) is 13.8 Å². The molecule has 0 amide bonds. The van der Waals surface area contributed by atoms with Gasteiger partial charge in [0.15, 0.2) is 0 Å². The van der Waals surface area contributed by atoms with E-state index in [1.54, 1.807) is 6.92 Å². The van der Waals surface area contributed by atoms with Crippen molar-refractivity contribution < 1.29 is 9.90 Å². The van der Waals surface area contributed by atoms with Crippen LogP contribution in [-0.4, -0.2) is 17.0 Å². The molecule has 0 saturated carbocycles. The van der Waals surface area contributed by atoms with Crippen molar-refractivity contribution in [1.82, 2.24) is 0 Å². The molecule has 0 aliphatic carbocycles. The standard InChI is InChI=1S/C12H24O2/c1-9(2)12(7-5-10(3)13)8-6-11(4)14/h9-10,12-13H,5-8H2,1-4H3/t10-,12+/m0/s1. The second-order valence-corrected chi connectivity index (χ2v) is 4.67. The molecule has 0 aromatic heterocycles. The number of carbonyl (C=O) groups excluding carboxylic acids is 1. The number of aliphatic hydroxyl groups excluding tert-OH is 1. The molecular formula is C12H24O2. The predicted octanol–water partition coefficient (Wildman–Crippen LogP) is 2.79. The molecule has 0 fully saturated rings. The summed E-state index contributed by atoms with van der Waals surface area (Å²) in [6.45, 7) is 7.84. The summed E-state index contributed by atoms with van der Waals surface area (Å²) in [6, 6.07) is 0. The number of rotatable bonds is 7. The van der Waals surface area contributed by atoms with E-state index in [-0.39, 0.29) is 11.9 Å². The molecule has 0 aliphatic rings. The van der Waals surface area contributed by atoms with Crippen molar-refractivity contribution >= 4 is 5.78 Å². The van der Waals surface area contributed by atoms with Gasteiger partial charge in [-0.3, -0.25) is 0 Å². The molecule has 0 saturated heterocycles. The maximum absolute atomic E-state index is 10.9. The van der Waals surface area contributed by atoms with E-state index in [1.165, 1.54) is 0 Å². The van der Waals surface area contributed by atoms with Gasteiger partial charge in [0, 0.05) is 6.42 Å². The zero-order chi connectivity index (χ0) is 11.1. The van der Waals surface area contributed by atoms with E-state index in [0.29, 0.717) is 18.3 Å². The second kappa shape index (κ2) is 6.99. The summed E-state index contributed by atoms with van der Waals surface area (Å²) in [5.74, 6) is 1.45. The van der Waals surface area contributed by atoms with Crippen LogP contribution in [0.3, 0.4) is 0 Å². The van der Waals surface area contributed by atoms with E-state index in [2.05, 4.69) is 13.8 Å². The number of hydrogen-bond acceptors (Lipinski definition) is 2. The molecule has 0 heterocycles. The predicted molar refractivity (Wildman–Crippen MR) is 59.2 cm³/mol. The van der Waals surface area contributed by atoms with Gasteiger partial charge in [0.2, 0.25) is 0 Å². The quantitative estimate of drug-likeness (QED) is 0.686. The van der Waals surface area contributed by atoms with E-state index in [9.17, 15) is 9.90 Å². The minimum atomic E-state index is -0.214. The molecule has 0 unspecified atom stereocenters. The van der Waals surface area contributed by atoms with Crippen LogP contribution in [0.5, 0.6) is 0 Å². The summed E-state index contributed by atoms with van der Waals surface area (Å²) in [4.78, 5) is 10.9. The largest absolute Gasteiger partial charge is 0.393 e. The SMILES string of the molecule is CC(=O)CC[C@@H](CC[C@H](C)O)C(C)C. The average molecular weight is 200 g/mol. The van der Waals surface area contributed by atoms with Crippen LogP contribution < -0.4 is 0 Å². The Morgan fingerprint density at radius 2 is 1.71 bits per heavy atom. The van der Waals surface area contributed by atoms with Crippen LogP contribution >= 0.6 is 0 Å². The fourth-order valence-electron chi connectivity index (χ4n) is 1.65. The third kappa shape index (κ3) is 7.07. The van der Waals surface area contributed by atoms with Crippen molar-refractivity contribution in [3.63, 3.8) is 0 Å². The molecular weight excluding hydrogens is 176 g/mol. The van der Waals surface area contributed by atoms with Gasteiger partial charge in [-0.05, 0) is 44.9 Å². The molecule has 0 aromatic carbocycles. The van der Waals surface area contributed by atoms with Crippen molar-refractivity contribution in [2.45, 2.75) is 59.5 Å². The zero-order valence-electron chi connectivity index (χ0n) is 9.92. The molecule has 0 aromatic rings. The van der Waals surface area contributed by atoms with E-state index in [1.807, 2.05) is 6.92 Å². The zero-order valence-corrected chi connectivity index (χ0v) is 9.92. The van der Waals surface area contributed by atoms with Crippen molar-refractivity contribution in [2.75, 3.05) is 0 Å². The topological polar surface area (TPSA) is 37.3 Å². The Morgan fingerprint density at radius 1 is 1.14 bits per heavy atom. The Hall–Kier alpha value is -0.370. The van der Waals surface area contributed by atoms with Crippen LogP contribution in [0.1, 0.15) is 53.4 Å². The first-order valence-corrected chi connectivity index (χ1v) is 5.61. The average Bonchev–Trinajstić information content (AvgIpc) is 2.02. The van der Waals surface area contributed by atoms with Crippen LogP contribution in [0.25, 0.3) is 0 Å². The molecule has 84 valence electrons. The first-order chi connectivity index (χ1) is 6.43. The Morgan fingerprint density at radius 3 is 2.07 bits per heavy atom. The number of carbonyl (C=O) groups is 1. The van der Waals surface area contributed by atoms with E-state index in [0.717, 1.165) is 19.3 Å². The lowest BCUT2D eigenvalue weighted by atomic mass is 9.86. The summed E-state index contributed by atoms with van der Waals surface area (Å²) in [6.07, 6.45) is 3.32. The molecule has 14 heavy (non-hydrogen) atoms. The van der Waals surface area contributed by atoms with Gasteiger partial charge in [0.1, 0.15) is 5.78 Å². The maximum atomic E-state index is 10.9. The molecule has 2 heteroatoms. The fourth-order valence-corrected chi connectivity index (χ4v) is 1.65. The molecule has 0 bridgehead atoms. The normalized spacial score (nSPS) is 15.6. The maximum Gasteiger partial charge on any atom is 0.129 e. The van der Waals surface area contributed by atoms with Gasteiger partial charge < -0.3 is 9.90 Å². The molecule has 2 nitrogen and oxygen atoms in total. The van der Waals surface area contributed by atoms with Crippen LogP contribution in [0.4, 0.5) is 0 Å². The Bertz CT molecular complexity index is 162. The smallest absolute Gasteiger partial charge is 0.129 e. The van der Waals surface area contributed by atoms with Crippen LogP contribution in [0, 0.1) is 11.8 Å². The van der Waals surface area contributed by atoms with Gasteiger partial charge in [0.05, 0.1) is 6.10 Å². The van der Waals surface area contributed by atoms with Crippen LogP contribution in [0.15, 0.2) is 0 Å². The number of aliphatic hydroxyl groups is 1. The minimum absolute atomic E-state index is 0.214. The molecule has 0 spiro atoms. The van der Waals surface area contributed by atoms with E-state index in [4.69, 9.17) is 0 Å². The fraction of sp³-hybridized carbons (Fsp3) is 0.917. The van der Waals surface area contributed by atoms with Crippen molar-refractivity contribution in [2.24, 2.45) is 11.8 Å². The van der Waals surface area contributed by atoms with E-state index < -0.39 is 0 Å². The Balaban J connectivity index is 3.84.